The quantitative estimate of drug-likeness (QED) is 0.730. The summed E-state index contributed by atoms with van der Waals surface area (Å²) < 4.78 is 4.63. The van der Waals surface area contributed by atoms with E-state index in [0.29, 0.717) is 0 Å². The molecule has 1 N–H and O–H groups in total. The molecule has 0 bridgehead atoms. The molecule has 78 valence electrons. The van der Waals surface area contributed by atoms with Gasteiger partial charge in [-0.25, -0.2) is 0 Å². The van der Waals surface area contributed by atoms with Crippen LogP contribution in [0.15, 0.2) is 35.3 Å². The summed E-state index contributed by atoms with van der Waals surface area (Å²) in [7, 11) is 0. The molecule has 5 nitrogen and oxygen atoms in total. The molecule has 0 saturated carbocycles. The maximum absolute atomic E-state index is 4.63. The predicted molar refractivity (Wildman–Crippen MR) is 53.9 cm³/mol. The number of aromatic nitrogens is 3. The average molecular weight is 204 g/mol. The molecule has 0 amide bonds. The van der Waals surface area contributed by atoms with Gasteiger partial charge in [-0.15, -0.1) is 0 Å². The van der Waals surface area contributed by atoms with Crippen molar-refractivity contribution in [2.45, 2.75) is 13.0 Å². The van der Waals surface area contributed by atoms with E-state index in [9.17, 15) is 0 Å². The molecule has 2 rings (SSSR count). The third-order valence-electron chi connectivity index (χ3n) is 1.96. The Morgan fingerprint density at radius 3 is 3.00 bits per heavy atom. The predicted octanol–water partition coefficient (Wildman–Crippen LogP) is 0.797. The van der Waals surface area contributed by atoms with Crippen LogP contribution in [0.5, 0.6) is 0 Å². The van der Waals surface area contributed by atoms with Crippen LogP contribution in [0.3, 0.4) is 0 Å². The van der Waals surface area contributed by atoms with Gasteiger partial charge in [-0.2, -0.15) is 4.98 Å². The Kier molecular flexibility index (Phi) is 3.40. The first-order valence-electron chi connectivity index (χ1n) is 4.81. The molecular weight excluding hydrogens is 192 g/mol. The number of rotatable bonds is 5. The van der Waals surface area contributed by atoms with Crippen LogP contribution in [-0.4, -0.2) is 21.7 Å². The highest BCUT2D eigenvalue weighted by Crippen LogP contribution is 1.93. The summed E-state index contributed by atoms with van der Waals surface area (Å²) in [4.78, 5) is 8.13. The number of nitrogens with one attached hydrogen (secondary N) is 1. The molecule has 5 heteroatoms. The Balaban J connectivity index is 1.68. The first kappa shape index (κ1) is 9.79. The van der Waals surface area contributed by atoms with Crippen molar-refractivity contribution >= 4 is 0 Å². The van der Waals surface area contributed by atoms with Crippen molar-refractivity contribution in [3.8, 4) is 0 Å². The second-order valence-electron chi connectivity index (χ2n) is 3.10. The van der Waals surface area contributed by atoms with Crippen molar-refractivity contribution in [3.63, 3.8) is 0 Å². The van der Waals surface area contributed by atoms with E-state index in [-0.39, 0.29) is 0 Å². The van der Waals surface area contributed by atoms with Gasteiger partial charge < -0.3 is 9.84 Å². The van der Waals surface area contributed by atoms with Gasteiger partial charge in [-0.1, -0.05) is 11.2 Å². The van der Waals surface area contributed by atoms with Crippen LogP contribution in [0.1, 0.15) is 11.5 Å². The summed E-state index contributed by atoms with van der Waals surface area (Å²) in [5.74, 6) is 0.725. The van der Waals surface area contributed by atoms with Crippen LogP contribution < -0.4 is 5.32 Å². The monoisotopic (exact) mass is 204 g/mol. The highest BCUT2D eigenvalue weighted by atomic mass is 16.5. The Hall–Kier alpha value is -1.75. The Morgan fingerprint density at radius 1 is 1.27 bits per heavy atom. The molecule has 0 radical (unpaired) electrons. The van der Waals surface area contributed by atoms with Gasteiger partial charge in [0.05, 0.1) is 5.69 Å². The summed E-state index contributed by atoms with van der Waals surface area (Å²) in [6.07, 6.45) is 3.90. The van der Waals surface area contributed by atoms with E-state index in [4.69, 9.17) is 0 Å². The van der Waals surface area contributed by atoms with Crippen molar-refractivity contribution in [1.82, 2.24) is 20.4 Å². The summed E-state index contributed by atoms with van der Waals surface area (Å²) in [5, 5.41) is 6.97. The zero-order valence-electron chi connectivity index (χ0n) is 8.26. The lowest BCUT2D eigenvalue weighted by atomic mass is 10.3. The molecule has 15 heavy (non-hydrogen) atoms. The van der Waals surface area contributed by atoms with Gasteiger partial charge in [0.25, 0.3) is 0 Å². The van der Waals surface area contributed by atoms with E-state index in [1.807, 2.05) is 18.2 Å². The SMILES string of the molecule is c1ccc(CNCCc2ncon2)nc1. The first-order valence-corrected chi connectivity index (χ1v) is 4.81. The van der Waals surface area contributed by atoms with Crippen molar-refractivity contribution in [3.05, 3.63) is 42.3 Å². The third-order valence-corrected chi connectivity index (χ3v) is 1.96. The zero-order valence-corrected chi connectivity index (χ0v) is 8.26. The Morgan fingerprint density at radius 2 is 2.27 bits per heavy atom. The van der Waals surface area contributed by atoms with E-state index in [1.54, 1.807) is 6.20 Å². The van der Waals surface area contributed by atoms with Crippen molar-refractivity contribution in [2.24, 2.45) is 0 Å². The maximum Gasteiger partial charge on any atom is 0.213 e. The van der Waals surface area contributed by atoms with Crippen LogP contribution >= 0.6 is 0 Å². The van der Waals surface area contributed by atoms with Crippen molar-refractivity contribution in [1.29, 1.82) is 0 Å². The van der Waals surface area contributed by atoms with Gasteiger partial charge >= 0.3 is 0 Å². The highest BCUT2D eigenvalue weighted by molar-refractivity contribution is 5.02. The molecular formula is C10H12N4O. The lowest BCUT2D eigenvalue weighted by molar-refractivity contribution is 0.409. The summed E-state index contributed by atoms with van der Waals surface area (Å²) >= 11 is 0. The minimum absolute atomic E-state index is 0.725. The fraction of sp³-hybridized carbons (Fsp3) is 0.300. The molecule has 0 atom stereocenters. The van der Waals surface area contributed by atoms with Crippen LogP contribution in [-0.2, 0) is 13.0 Å². The molecule has 2 heterocycles. The van der Waals surface area contributed by atoms with Crippen LogP contribution in [0, 0.1) is 0 Å². The van der Waals surface area contributed by atoms with Gasteiger partial charge in [-0.3, -0.25) is 4.98 Å². The smallest absolute Gasteiger partial charge is 0.213 e. The molecule has 2 aromatic heterocycles. The van der Waals surface area contributed by atoms with Gasteiger partial charge in [0.15, 0.2) is 5.82 Å². The molecule has 0 aliphatic carbocycles. The van der Waals surface area contributed by atoms with Gasteiger partial charge in [0.1, 0.15) is 0 Å². The summed E-state index contributed by atoms with van der Waals surface area (Å²) in [6, 6.07) is 5.87. The molecule has 0 spiro atoms. The highest BCUT2D eigenvalue weighted by Gasteiger charge is 1.97. The first-order chi connectivity index (χ1) is 7.45. The largest absolute Gasteiger partial charge is 0.343 e. The Labute approximate surface area is 87.5 Å². The maximum atomic E-state index is 4.63. The fourth-order valence-electron chi connectivity index (χ4n) is 1.22. The zero-order chi connectivity index (χ0) is 10.3. The average Bonchev–Trinajstić information content (AvgIpc) is 2.79. The van der Waals surface area contributed by atoms with Gasteiger partial charge in [0, 0.05) is 25.7 Å². The topological polar surface area (TPSA) is 63.8 Å². The fourth-order valence-corrected chi connectivity index (χ4v) is 1.22. The van der Waals surface area contributed by atoms with E-state index in [2.05, 4.69) is 25.0 Å². The molecule has 2 aromatic rings. The number of nitrogens with zero attached hydrogens (tertiary/aromatic N) is 3. The van der Waals surface area contributed by atoms with E-state index in [1.165, 1.54) is 6.39 Å². The molecule has 0 aliphatic rings. The molecule has 0 fully saturated rings. The number of pyridine rings is 1. The third kappa shape index (κ3) is 3.14. The summed E-state index contributed by atoms with van der Waals surface area (Å²) in [6.45, 7) is 1.58. The molecule has 0 aromatic carbocycles. The number of hydrogen-bond donors (Lipinski definition) is 1. The van der Waals surface area contributed by atoms with Crippen LogP contribution in [0.4, 0.5) is 0 Å². The van der Waals surface area contributed by atoms with Crippen molar-refractivity contribution < 1.29 is 4.52 Å². The number of hydrogen-bond acceptors (Lipinski definition) is 5. The van der Waals surface area contributed by atoms with E-state index in [0.717, 1.165) is 31.0 Å². The standard InChI is InChI=1S/C10H12N4O/c1-2-5-12-9(3-1)7-11-6-4-10-13-8-15-14-10/h1-3,5,8,11H,4,6-7H2. The van der Waals surface area contributed by atoms with Crippen LogP contribution in [0.2, 0.25) is 0 Å². The normalized spacial score (nSPS) is 10.4. The Bertz CT molecular complexity index is 374. The molecule has 0 aliphatic heterocycles. The molecule has 0 unspecified atom stereocenters. The van der Waals surface area contributed by atoms with Gasteiger partial charge in [0.2, 0.25) is 6.39 Å². The van der Waals surface area contributed by atoms with E-state index >= 15 is 0 Å². The minimum Gasteiger partial charge on any atom is -0.343 e. The van der Waals surface area contributed by atoms with Crippen molar-refractivity contribution in [2.75, 3.05) is 6.54 Å². The van der Waals surface area contributed by atoms with Crippen LogP contribution in [0.25, 0.3) is 0 Å². The van der Waals surface area contributed by atoms with E-state index < -0.39 is 0 Å². The van der Waals surface area contributed by atoms with Gasteiger partial charge in [-0.05, 0) is 12.1 Å². The lowest BCUT2D eigenvalue weighted by Gasteiger charge is -2.01. The summed E-state index contributed by atoms with van der Waals surface area (Å²) in [5.41, 5.74) is 1.03. The second kappa shape index (κ2) is 5.21. The molecule has 0 saturated heterocycles. The lowest BCUT2D eigenvalue weighted by Crippen LogP contribution is -2.17. The minimum atomic E-state index is 0.725. The second-order valence-corrected chi connectivity index (χ2v) is 3.10.